The number of ether oxygens (including phenoxy) is 1. The van der Waals surface area contributed by atoms with Gasteiger partial charge in [-0.25, -0.2) is 4.79 Å². The summed E-state index contributed by atoms with van der Waals surface area (Å²) in [6, 6.07) is 7.31. The van der Waals surface area contributed by atoms with Crippen molar-refractivity contribution in [1.82, 2.24) is 10.2 Å². The highest BCUT2D eigenvalue weighted by Crippen LogP contribution is 2.20. The zero-order valence-corrected chi connectivity index (χ0v) is 11.7. The normalized spacial score (nSPS) is 17.9. The van der Waals surface area contributed by atoms with E-state index in [2.05, 4.69) is 24.5 Å². The molecule has 0 aromatic heterocycles. The number of urea groups is 1. The molecule has 0 saturated carbocycles. The van der Waals surface area contributed by atoms with Crippen molar-refractivity contribution in [1.29, 1.82) is 0 Å². The van der Waals surface area contributed by atoms with E-state index in [4.69, 9.17) is 4.74 Å². The molecule has 0 aliphatic carbocycles. The third-order valence-corrected chi connectivity index (χ3v) is 3.37. The number of piperazine rings is 1. The van der Waals surface area contributed by atoms with Crippen molar-refractivity contribution >= 4 is 11.7 Å². The standard InChI is InChI=1S/C14H21N3O2/c1-14(2)10-15-7-8-17(14)13(18)16-11-5-4-6-12(9-11)19-3/h4-6,9,15H,7-8,10H2,1-3H3,(H,16,18). The van der Waals surface area contributed by atoms with Crippen LogP contribution in [-0.2, 0) is 0 Å². The predicted molar refractivity (Wildman–Crippen MR) is 75.7 cm³/mol. The maximum atomic E-state index is 12.3. The lowest BCUT2D eigenvalue weighted by Crippen LogP contribution is -2.60. The van der Waals surface area contributed by atoms with Crippen molar-refractivity contribution < 1.29 is 9.53 Å². The number of hydrogen-bond acceptors (Lipinski definition) is 3. The average Bonchev–Trinajstić information content (AvgIpc) is 2.38. The minimum Gasteiger partial charge on any atom is -0.497 e. The highest BCUT2D eigenvalue weighted by Gasteiger charge is 2.33. The lowest BCUT2D eigenvalue weighted by atomic mass is 10.0. The first-order valence-electron chi connectivity index (χ1n) is 6.46. The fourth-order valence-electron chi connectivity index (χ4n) is 2.25. The quantitative estimate of drug-likeness (QED) is 0.857. The summed E-state index contributed by atoms with van der Waals surface area (Å²) in [6.07, 6.45) is 0. The van der Waals surface area contributed by atoms with Crippen molar-refractivity contribution in [2.75, 3.05) is 32.1 Å². The van der Waals surface area contributed by atoms with Crippen LogP contribution in [0.2, 0.25) is 0 Å². The Morgan fingerprint density at radius 2 is 2.26 bits per heavy atom. The summed E-state index contributed by atoms with van der Waals surface area (Å²) in [4.78, 5) is 14.2. The van der Waals surface area contributed by atoms with Crippen molar-refractivity contribution in [3.63, 3.8) is 0 Å². The first-order chi connectivity index (χ1) is 9.03. The van der Waals surface area contributed by atoms with Crippen LogP contribution in [0.1, 0.15) is 13.8 Å². The summed E-state index contributed by atoms with van der Waals surface area (Å²) >= 11 is 0. The highest BCUT2D eigenvalue weighted by molar-refractivity contribution is 5.90. The molecule has 0 bridgehead atoms. The van der Waals surface area contributed by atoms with Crippen LogP contribution in [0, 0.1) is 0 Å². The maximum Gasteiger partial charge on any atom is 0.322 e. The molecule has 1 aromatic rings. The fourth-order valence-corrected chi connectivity index (χ4v) is 2.25. The Morgan fingerprint density at radius 3 is 2.95 bits per heavy atom. The molecule has 0 atom stereocenters. The van der Waals surface area contributed by atoms with Gasteiger partial charge in [-0.1, -0.05) is 6.07 Å². The van der Waals surface area contributed by atoms with Gasteiger partial charge in [0, 0.05) is 31.4 Å². The zero-order valence-electron chi connectivity index (χ0n) is 11.7. The van der Waals surface area contributed by atoms with Gasteiger partial charge in [-0.3, -0.25) is 0 Å². The molecule has 0 spiro atoms. The Labute approximate surface area is 113 Å². The van der Waals surface area contributed by atoms with E-state index < -0.39 is 0 Å². The summed E-state index contributed by atoms with van der Waals surface area (Å²) in [5.41, 5.74) is 0.569. The van der Waals surface area contributed by atoms with Gasteiger partial charge in [-0.2, -0.15) is 0 Å². The molecule has 2 N–H and O–H groups in total. The fraction of sp³-hybridized carbons (Fsp3) is 0.500. The molecule has 0 unspecified atom stereocenters. The van der Waals surface area contributed by atoms with E-state index in [-0.39, 0.29) is 11.6 Å². The van der Waals surface area contributed by atoms with Crippen LogP contribution in [0.5, 0.6) is 5.75 Å². The Kier molecular flexibility index (Phi) is 3.95. The van der Waals surface area contributed by atoms with Crippen molar-refractivity contribution in [3.8, 4) is 5.75 Å². The lowest BCUT2D eigenvalue weighted by molar-refractivity contribution is 0.123. The topological polar surface area (TPSA) is 53.6 Å². The maximum absolute atomic E-state index is 12.3. The molecule has 5 heteroatoms. The molecular formula is C14H21N3O2. The average molecular weight is 263 g/mol. The molecule has 5 nitrogen and oxygen atoms in total. The van der Waals surface area contributed by atoms with Gasteiger partial charge in [0.1, 0.15) is 5.75 Å². The molecule has 2 rings (SSSR count). The second-order valence-corrected chi connectivity index (χ2v) is 5.30. The Hall–Kier alpha value is -1.75. The van der Waals surface area contributed by atoms with Crippen molar-refractivity contribution in [2.24, 2.45) is 0 Å². The van der Waals surface area contributed by atoms with Crippen LogP contribution in [-0.4, -0.2) is 43.2 Å². The smallest absolute Gasteiger partial charge is 0.322 e. The molecule has 1 aromatic carbocycles. The number of anilines is 1. The molecule has 1 saturated heterocycles. The van der Waals surface area contributed by atoms with Gasteiger partial charge in [-0.05, 0) is 26.0 Å². The molecule has 1 fully saturated rings. The third kappa shape index (κ3) is 3.17. The minimum atomic E-state index is -0.179. The molecular weight excluding hydrogens is 242 g/mol. The number of methoxy groups -OCH3 is 1. The summed E-state index contributed by atoms with van der Waals surface area (Å²) < 4.78 is 5.15. The molecule has 0 radical (unpaired) electrons. The van der Waals surface area contributed by atoms with E-state index >= 15 is 0 Å². The third-order valence-electron chi connectivity index (χ3n) is 3.37. The number of nitrogens with one attached hydrogen (secondary N) is 2. The minimum absolute atomic E-state index is 0.0697. The Bertz CT molecular complexity index is 460. The van der Waals surface area contributed by atoms with Gasteiger partial charge < -0.3 is 20.3 Å². The number of carbonyl (C=O) groups excluding carboxylic acids is 1. The van der Waals surface area contributed by atoms with E-state index in [0.717, 1.165) is 24.5 Å². The van der Waals surface area contributed by atoms with Gasteiger partial charge in [0.25, 0.3) is 0 Å². The van der Waals surface area contributed by atoms with Gasteiger partial charge in [0.15, 0.2) is 0 Å². The number of benzene rings is 1. The van der Waals surface area contributed by atoms with E-state index in [1.165, 1.54) is 0 Å². The van der Waals surface area contributed by atoms with E-state index in [0.29, 0.717) is 6.54 Å². The Balaban J connectivity index is 2.07. The number of rotatable bonds is 2. The molecule has 104 valence electrons. The predicted octanol–water partition coefficient (Wildman–Crippen LogP) is 1.91. The Morgan fingerprint density at radius 1 is 1.47 bits per heavy atom. The summed E-state index contributed by atoms with van der Waals surface area (Å²) in [7, 11) is 1.61. The van der Waals surface area contributed by atoms with Gasteiger partial charge in [0.2, 0.25) is 0 Å². The molecule has 1 aliphatic heterocycles. The van der Waals surface area contributed by atoms with E-state index in [1.807, 2.05) is 29.2 Å². The summed E-state index contributed by atoms with van der Waals surface area (Å²) in [6.45, 7) is 6.46. The first-order valence-corrected chi connectivity index (χ1v) is 6.46. The highest BCUT2D eigenvalue weighted by atomic mass is 16.5. The summed E-state index contributed by atoms with van der Waals surface area (Å²) in [5.74, 6) is 0.734. The summed E-state index contributed by atoms with van der Waals surface area (Å²) in [5, 5.41) is 6.22. The first kappa shape index (κ1) is 13.7. The molecule has 1 aliphatic rings. The number of nitrogens with zero attached hydrogens (tertiary/aromatic N) is 1. The number of carbonyl (C=O) groups is 1. The van der Waals surface area contributed by atoms with Crippen molar-refractivity contribution in [3.05, 3.63) is 24.3 Å². The second kappa shape index (κ2) is 5.48. The monoisotopic (exact) mass is 263 g/mol. The SMILES string of the molecule is COc1cccc(NC(=O)N2CCNCC2(C)C)c1. The molecule has 1 heterocycles. The van der Waals surface area contributed by atoms with Gasteiger partial charge in [-0.15, -0.1) is 0 Å². The van der Waals surface area contributed by atoms with Crippen LogP contribution in [0.15, 0.2) is 24.3 Å². The van der Waals surface area contributed by atoms with Crippen molar-refractivity contribution in [2.45, 2.75) is 19.4 Å². The van der Waals surface area contributed by atoms with Gasteiger partial charge in [0.05, 0.1) is 12.6 Å². The van der Waals surface area contributed by atoms with Crippen LogP contribution < -0.4 is 15.4 Å². The number of amides is 2. The van der Waals surface area contributed by atoms with E-state index in [1.54, 1.807) is 7.11 Å². The van der Waals surface area contributed by atoms with Crippen LogP contribution >= 0.6 is 0 Å². The lowest BCUT2D eigenvalue weighted by Gasteiger charge is -2.42. The molecule has 2 amide bonds. The second-order valence-electron chi connectivity index (χ2n) is 5.30. The molecule has 19 heavy (non-hydrogen) atoms. The number of hydrogen-bond donors (Lipinski definition) is 2. The largest absolute Gasteiger partial charge is 0.497 e. The van der Waals surface area contributed by atoms with E-state index in [9.17, 15) is 4.79 Å². The van der Waals surface area contributed by atoms with Crippen LogP contribution in [0.25, 0.3) is 0 Å². The van der Waals surface area contributed by atoms with Crippen LogP contribution in [0.3, 0.4) is 0 Å². The zero-order chi connectivity index (χ0) is 13.9. The van der Waals surface area contributed by atoms with Crippen LogP contribution in [0.4, 0.5) is 10.5 Å². The van der Waals surface area contributed by atoms with Gasteiger partial charge >= 0.3 is 6.03 Å².